The van der Waals surface area contributed by atoms with Crippen molar-refractivity contribution in [2.75, 3.05) is 13.1 Å². The summed E-state index contributed by atoms with van der Waals surface area (Å²) >= 11 is 0. The lowest BCUT2D eigenvalue weighted by atomic mass is 9.64. The Kier molecular flexibility index (Phi) is 2.88. The van der Waals surface area contributed by atoms with Gasteiger partial charge in [-0.2, -0.15) is 0 Å². The molecule has 0 spiro atoms. The van der Waals surface area contributed by atoms with Gasteiger partial charge >= 0.3 is 7.12 Å². The van der Waals surface area contributed by atoms with Crippen molar-refractivity contribution in [1.29, 1.82) is 0 Å². The van der Waals surface area contributed by atoms with Gasteiger partial charge in [0.25, 0.3) is 0 Å². The van der Waals surface area contributed by atoms with Crippen molar-refractivity contribution < 1.29 is 18.8 Å². The molecule has 1 aliphatic carbocycles. The van der Waals surface area contributed by atoms with E-state index in [2.05, 4.69) is 5.32 Å². The van der Waals surface area contributed by atoms with E-state index in [4.69, 9.17) is 9.31 Å². The summed E-state index contributed by atoms with van der Waals surface area (Å²) in [5.74, 6) is 0.234. The van der Waals surface area contributed by atoms with Crippen molar-refractivity contribution in [2.45, 2.75) is 45.0 Å². The van der Waals surface area contributed by atoms with Crippen molar-refractivity contribution >= 4 is 7.12 Å². The van der Waals surface area contributed by atoms with E-state index in [1.807, 2.05) is 27.7 Å². The number of hydrogen-bond acceptors (Lipinski definition) is 4. The van der Waals surface area contributed by atoms with E-state index >= 15 is 0 Å². The van der Waals surface area contributed by atoms with Crippen LogP contribution in [0, 0.1) is 11.8 Å². The Balaban J connectivity index is 1.84. The number of rotatable bonds is 1. The molecule has 0 aromatic rings. The van der Waals surface area contributed by atoms with Gasteiger partial charge in [0, 0.05) is 24.9 Å². The standard InChI is InChI=1S/C13H21BFNO3/c1-12(2)13(3,4)19-14(18-12)11(15)9-7-5-16-6-8(7)10(9)17/h7-8,10,16-17H,5-6H2,1-4H3. The molecule has 106 valence electrons. The van der Waals surface area contributed by atoms with Crippen LogP contribution in [0.25, 0.3) is 0 Å². The summed E-state index contributed by atoms with van der Waals surface area (Å²) in [6.45, 7) is 9.05. The summed E-state index contributed by atoms with van der Waals surface area (Å²) in [6, 6.07) is 0. The van der Waals surface area contributed by atoms with Gasteiger partial charge in [-0.05, 0) is 33.3 Å². The minimum atomic E-state index is -0.990. The molecule has 4 nitrogen and oxygen atoms in total. The first-order valence-electron chi connectivity index (χ1n) is 6.88. The predicted octanol–water partition coefficient (Wildman–Crippen LogP) is 1.05. The van der Waals surface area contributed by atoms with Gasteiger partial charge in [0.05, 0.1) is 17.3 Å². The second-order valence-corrected chi connectivity index (χ2v) is 6.76. The van der Waals surface area contributed by atoms with Crippen LogP contribution in [-0.2, 0) is 9.31 Å². The number of fused-ring (bicyclic) bond motifs is 1. The fourth-order valence-electron chi connectivity index (χ4n) is 3.10. The van der Waals surface area contributed by atoms with Gasteiger partial charge < -0.3 is 19.7 Å². The molecule has 1 saturated carbocycles. The van der Waals surface area contributed by atoms with E-state index in [-0.39, 0.29) is 11.8 Å². The summed E-state index contributed by atoms with van der Waals surface area (Å²) in [4.78, 5) is 0. The van der Waals surface area contributed by atoms with Crippen LogP contribution in [0.1, 0.15) is 27.7 Å². The van der Waals surface area contributed by atoms with E-state index in [0.717, 1.165) is 13.1 Å². The third-order valence-corrected chi connectivity index (χ3v) is 5.12. The van der Waals surface area contributed by atoms with Crippen LogP contribution >= 0.6 is 0 Å². The topological polar surface area (TPSA) is 50.7 Å². The van der Waals surface area contributed by atoms with Crippen LogP contribution in [-0.4, -0.2) is 42.6 Å². The smallest absolute Gasteiger partial charge is 0.398 e. The molecule has 6 heteroatoms. The number of aliphatic hydroxyl groups excluding tert-OH is 1. The minimum Gasteiger partial charge on any atom is -0.398 e. The van der Waals surface area contributed by atoms with E-state index in [1.54, 1.807) is 0 Å². The van der Waals surface area contributed by atoms with Gasteiger partial charge in [0.15, 0.2) is 0 Å². The normalized spacial score (nSPS) is 42.0. The SMILES string of the molecule is CC1(C)OB(C(F)=C2C(O)C3CNCC23)OC1(C)C. The quantitative estimate of drug-likeness (QED) is 0.699. The fraction of sp³-hybridized carbons (Fsp3) is 0.846. The number of aliphatic hydroxyl groups is 1. The van der Waals surface area contributed by atoms with Crippen LogP contribution < -0.4 is 5.32 Å². The van der Waals surface area contributed by atoms with Gasteiger partial charge in [-0.25, -0.2) is 4.39 Å². The molecule has 2 N–H and O–H groups in total. The Morgan fingerprint density at radius 3 is 2.42 bits per heavy atom. The van der Waals surface area contributed by atoms with E-state index in [0.29, 0.717) is 5.57 Å². The third-order valence-electron chi connectivity index (χ3n) is 5.12. The van der Waals surface area contributed by atoms with Crippen molar-refractivity contribution in [1.82, 2.24) is 5.32 Å². The Morgan fingerprint density at radius 1 is 1.26 bits per heavy atom. The first-order chi connectivity index (χ1) is 8.74. The largest absolute Gasteiger partial charge is 0.525 e. The molecule has 3 atom stereocenters. The molecule has 3 rings (SSSR count). The monoisotopic (exact) mass is 269 g/mol. The minimum absolute atomic E-state index is 0.0917. The maximum atomic E-state index is 14.6. The first kappa shape index (κ1) is 13.6. The average molecular weight is 269 g/mol. The zero-order chi connectivity index (χ0) is 14.0. The van der Waals surface area contributed by atoms with Gasteiger partial charge in [-0.15, -0.1) is 0 Å². The lowest BCUT2D eigenvalue weighted by Crippen LogP contribution is -2.45. The molecule has 0 aromatic carbocycles. The summed E-state index contributed by atoms with van der Waals surface area (Å²) in [6.07, 6.45) is -0.695. The molecule has 2 heterocycles. The molecule has 0 aromatic heterocycles. The highest BCUT2D eigenvalue weighted by molar-refractivity contribution is 6.54. The lowest BCUT2D eigenvalue weighted by molar-refractivity contribution is 0.00578. The van der Waals surface area contributed by atoms with Crippen molar-refractivity contribution in [3.63, 3.8) is 0 Å². The van der Waals surface area contributed by atoms with Crippen LogP contribution in [0.3, 0.4) is 0 Å². The Bertz CT molecular complexity index is 422. The Labute approximate surface area is 113 Å². The van der Waals surface area contributed by atoms with Crippen LogP contribution in [0.15, 0.2) is 11.3 Å². The second-order valence-electron chi connectivity index (χ2n) is 6.76. The molecule has 19 heavy (non-hydrogen) atoms. The predicted molar refractivity (Wildman–Crippen MR) is 70.1 cm³/mol. The summed E-state index contributed by atoms with van der Waals surface area (Å²) in [7, 11) is -0.990. The first-order valence-corrected chi connectivity index (χ1v) is 6.88. The Hall–Kier alpha value is -0.425. The zero-order valence-electron chi connectivity index (χ0n) is 11.9. The second kappa shape index (κ2) is 4.04. The molecular formula is C13H21BFNO3. The number of halogens is 1. The zero-order valence-corrected chi connectivity index (χ0v) is 11.9. The molecule has 3 fully saturated rings. The van der Waals surface area contributed by atoms with E-state index < -0.39 is 30.2 Å². The van der Waals surface area contributed by atoms with Gasteiger partial charge in [-0.1, -0.05) is 0 Å². The number of hydrogen-bond donors (Lipinski definition) is 2. The summed E-state index contributed by atoms with van der Waals surface area (Å²) in [5.41, 5.74) is -1.08. The molecule has 2 aliphatic heterocycles. The fourth-order valence-corrected chi connectivity index (χ4v) is 3.10. The van der Waals surface area contributed by atoms with Gasteiger partial charge in [0.1, 0.15) is 5.73 Å². The summed E-state index contributed by atoms with van der Waals surface area (Å²) < 4.78 is 26.0. The molecule has 3 unspecified atom stereocenters. The average Bonchev–Trinajstić information content (AvgIpc) is 2.79. The van der Waals surface area contributed by atoms with Crippen LogP contribution in [0.2, 0.25) is 0 Å². The molecule has 0 radical (unpaired) electrons. The van der Waals surface area contributed by atoms with Crippen molar-refractivity contribution in [3.05, 3.63) is 11.3 Å². The highest BCUT2D eigenvalue weighted by atomic mass is 19.1. The maximum Gasteiger partial charge on any atom is 0.525 e. The molecule has 2 saturated heterocycles. The number of nitrogens with one attached hydrogen (secondary N) is 1. The van der Waals surface area contributed by atoms with Gasteiger partial charge in [0.2, 0.25) is 0 Å². The molecular weight excluding hydrogens is 248 g/mol. The van der Waals surface area contributed by atoms with Crippen LogP contribution in [0.4, 0.5) is 4.39 Å². The van der Waals surface area contributed by atoms with Crippen LogP contribution in [0.5, 0.6) is 0 Å². The lowest BCUT2D eigenvalue weighted by Gasteiger charge is -2.39. The van der Waals surface area contributed by atoms with E-state index in [1.165, 1.54) is 0 Å². The third kappa shape index (κ3) is 1.81. The van der Waals surface area contributed by atoms with Crippen molar-refractivity contribution in [3.8, 4) is 0 Å². The maximum absolute atomic E-state index is 14.6. The molecule has 0 bridgehead atoms. The highest BCUT2D eigenvalue weighted by Crippen LogP contribution is 2.47. The van der Waals surface area contributed by atoms with Gasteiger partial charge in [-0.3, -0.25) is 0 Å². The van der Waals surface area contributed by atoms with Crippen molar-refractivity contribution in [2.24, 2.45) is 11.8 Å². The molecule has 3 aliphatic rings. The van der Waals surface area contributed by atoms with E-state index in [9.17, 15) is 9.50 Å². The molecule has 0 amide bonds. The Morgan fingerprint density at radius 2 is 1.84 bits per heavy atom. The highest BCUT2D eigenvalue weighted by Gasteiger charge is 2.57. The summed E-state index contributed by atoms with van der Waals surface area (Å²) in [5, 5.41) is 13.2.